The van der Waals surface area contributed by atoms with E-state index in [0.717, 1.165) is 0 Å². The first-order chi connectivity index (χ1) is 14.0. The first-order valence-corrected chi connectivity index (χ1v) is 9.72. The predicted octanol–water partition coefficient (Wildman–Crippen LogP) is 3.94. The van der Waals surface area contributed by atoms with Gasteiger partial charge in [-0.3, -0.25) is 4.79 Å². The number of carbonyl (C=O) groups excluding carboxylic acids is 1. The van der Waals surface area contributed by atoms with Crippen LogP contribution in [-0.2, 0) is 9.53 Å². The zero-order chi connectivity index (χ0) is 22.0. The van der Waals surface area contributed by atoms with Crippen molar-refractivity contribution in [2.45, 2.75) is 50.3 Å². The number of amides is 1. The Hall–Kier alpha value is -1.94. The Morgan fingerprint density at radius 1 is 1.07 bits per heavy atom. The van der Waals surface area contributed by atoms with E-state index in [-0.39, 0.29) is 31.1 Å². The van der Waals surface area contributed by atoms with Crippen LogP contribution in [0.15, 0.2) is 24.3 Å². The highest BCUT2D eigenvalue weighted by Gasteiger charge is 2.51. The summed E-state index contributed by atoms with van der Waals surface area (Å²) in [5.74, 6) is -0.0361. The van der Waals surface area contributed by atoms with Gasteiger partial charge in [0, 0.05) is 12.2 Å². The number of hydrogen-bond donors (Lipinski definition) is 1. The van der Waals surface area contributed by atoms with Crippen LogP contribution >= 0.6 is 0 Å². The Morgan fingerprint density at radius 3 is 2.27 bits per heavy atom. The number of rotatable bonds is 7. The summed E-state index contributed by atoms with van der Waals surface area (Å²) in [7, 11) is 0. The Bertz CT molecular complexity index is 730. The number of halogens is 5. The second-order valence-corrected chi connectivity index (χ2v) is 8.02. The van der Waals surface area contributed by atoms with E-state index >= 15 is 0 Å². The maximum atomic E-state index is 13.1. The molecule has 1 heterocycles. The molecular weight excluding hydrogens is 413 g/mol. The van der Waals surface area contributed by atoms with Gasteiger partial charge >= 0.3 is 6.18 Å². The fourth-order valence-electron chi connectivity index (χ4n) is 4.09. The molecule has 30 heavy (non-hydrogen) atoms. The third kappa shape index (κ3) is 5.40. The lowest BCUT2D eigenvalue weighted by molar-refractivity contribution is -0.153. The summed E-state index contributed by atoms with van der Waals surface area (Å²) in [5.41, 5.74) is -1.27. The lowest BCUT2D eigenvalue weighted by Crippen LogP contribution is -2.46. The van der Waals surface area contributed by atoms with Crippen LogP contribution in [0, 0.1) is 5.41 Å². The van der Waals surface area contributed by atoms with Crippen LogP contribution in [0.25, 0.3) is 0 Å². The topological polar surface area (TPSA) is 59.0 Å². The van der Waals surface area contributed by atoms with E-state index in [9.17, 15) is 31.9 Å². The van der Waals surface area contributed by atoms with Crippen molar-refractivity contribution in [2.24, 2.45) is 5.41 Å². The number of carbonyl (C=O) groups is 1. The monoisotopic (exact) mass is 437 g/mol. The zero-order valence-electron chi connectivity index (χ0n) is 16.3. The van der Waals surface area contributed by atoms with Gasteiger partial charge in [0.2, 0.25) is 5.91 Å². The highest BCUT2D eigenvalue weighted by molar-refractivity contribution is 6.00. The maximum absolute atomic E-state index is 13.1. The second-order valence-electron chi connectivity index (χ2n) is 8.02. The summed E-state index contributed by atoms with van der Waals surface area (Å²) in [5, 5.41) is 10.5. The predicted molar refractivity (Wildman–Crippen MR) is 97.6 cm³/mol. The highest BCUT2D eigenvalue weighted by Crippen LogP contribution is 2.48. The van der Waals surface area contributed by atoms with Crippen molar-refractivity contribution >= 4 is 11.6 Å². The molecule has 0 bridgehead atoms. The van der Waals surface area contributed by atoms with Crippen LogP contribution in [0.3, 0.4) is 0 Å². The van der Waals surface area contributed by atoms with Gasteiger partial charge in [0.1, 0.15) is 12.4 Å². The third-order valence-corrected chi connectivity index (χ3v) is 5.82. The SMILES string of the molecule is O=C1N(c2ccc(OCC(F)(F)F)cc2)CC[C@]12CC[C@@](O)(COCC(F)F)CC2. The molecule has 1 saturated carbocycles. The molecular formula is C20H24F5NO4. The maximum Gasteiger partial charge on any atom is 0.422 e. The van der Waals surface area contributed by atoms with Crippen molar-refractivity contribution in [1.82, 2.24) is 0 Å². The number of nitrogens with zero attached hydrogens (tertiary/aromatic N) is 1. The van der Waals surface area contributed by atoms with Crippen molar-refractivity contribution in [2.75, 3.05) is 31.3 Å². The molecule has 1 amide bonds. The molecule has 0 atom stereocenters. The van der Waals surface area contributed by atoms with Crippen LogP contribution < -0.4 is 9.64 Å². The van der Waals surface area contributed by atoms with E-state index in [1.165, 1.54) is 12.1 Å². The summed E-state index contributed by atoms with van der Waals surface area (Å²) in [6.45, 7) is -1.85. The summed E-state index contributed by atoms with van der Waals surface area (Å²) in [4.78, 5) is 14.7. The van der Waals surface area contributed by atoms with Gasteiger partial charge in [-0.2, -0.15) is 13.2 Å². The van der Waals surface area contributed by atoms with Crippen LogP contribution in [0.4, 0.5) is 27.6 Å². The molecule has 168 valence electrons. The fraction of sp³-hybridized carbons (Fsp3) is 0.650. The number of ether oxygens (including phenoxy) is 2. The number of aliphatic hydroxyl groups is 1. The first kappa shape index (κ1) is 22.7. The van der Waals surface area contributed by atoms with Gasteiger partial charge in [0.25, 0.3) is 6.43 Å². The minimum absolute atomic E-state index is 0.0592. The van der Waals surface area contributed by atoms with Crippen molar-refractivity contribution in [3.8, 4) is 5.75 Å². The number of benzene rings is 1. The second kappa shape index (κ2) is 8.66. The number of alkyl halides is 5. The van der Waals surface area contributed by atoms with Crippen LogP contribution in [0.2, 0.25) is 0 Å². The summed E-state index contributed by atoms with van der Waals surface area (Å²) >= 11 is 0. The molecule has 3 rings (SSSR count). The molecule has 0 unspecified atom stereocenters. The molecule has 0 radical (unpaired) electrons. The average molecular weight is 437 g/mol. The quantitative estimate of drug-likeness (QED) is 0.657. The van der Waals surface area contributed by atoms with E-state index < -0.39 is 36.8 Å². The standard InChI is InChI=1S/C20H24F5NO4/c21-16(22)11-29-12-19(28)7-5-18(6-8-19)9-10-26(17(18)27)14-1-3-15(4-2-14)30-13-20(23,24)25/h1-4,16,28H,5-13H2/t18-,19+. The van der Waals surface area contributed by atoms with Gasteiger partial charge in [-0.25, -0.2) is 8.78 Å². The van der Waals surface area contributed by atoms with Crippen LogP contribution in [-0.4, -0.2) is 55.6 Å². The summed E-state index contributed by atoms with van der Waals surface area (Å²) in [6, 6.07) is 5.86. The molecule has 0 aromatic heterocycles. The molecule has 1 aliphatic heterocycles. The number of anilines is 1. The lowest BCUT2D eigenvalue weighted by Gasteiger charge is -2.40. The molecule has 1 spiro atoms. The van der Waals surface area contributed by atoms with Gasteiger partial charge in [0.15, 0.2) is 6.61 Å². The van der Waals surface area contributed by atoms with Crippen molar-refractivity contribution in [1.29, 1.82) is 0 Å². The number of hydrogen-bond acceptors (Lipinski definition) is 4. The molecule has 5 nitrogen and oxygen atoms in total. The first-order valence-electron chi connectivity index (χ1n) is 9.72. The van der Waals surface area contributed by atoms with Gasteiger partial charge in [-0.15, -0.1) is 0 Å². The lowest BCUT2D eigenvalue weighted by atomic mass is 9.68. The minimum atomic E-state index is -4.43. The summed E-state index contributed by atoms with van der Waals surface area (Å²) < 4.78 is 70.7. The Labute approximate surface area is 170 Å². The van der Waals surface area contributed by atoms with Gasteiger partial charge in [-0.05, 0) is 56.4 Å². The molecule has 1 saturated heterocycles. The molecule has 1 aromatic rings. The normalized spacial score (nSPS) is 27.3. The van der Waals surface area contributed by atoms with Gasteiger partial charge < -0.3 is 19.5 Å². The molecule has 1 N–H and O–H groups in total. The Balaban J connectivity index is 1.57. The Kier molecular flexibility index (Phi) is 6.57. The van der Waals surface area contributed by atoms with E-state index in [2.05, 4.69) is 4.74 Å². The third-order valence-electron chi connectivity index (χ3n) is 5.82. The van der Waals surface area contributed by atoms with Gasteiger partial charge in [-0.1, -0.05) is 0 Å². The van der Waals surface area contributed by atoms with E-state index in [1.54, 1.807) is 17.0 Å². The van der Waals surface area contributed by atoms with E-state index in [0.29, 0.717) is 31.5 Å². The minimum Gasteiger partial charge on any atom is -0.484 e. The summed E-state index contributed by atoms with van der Waals surface area (Å²) in [6.07, 6.45) is -5.04. The van der Waals surface area contributed by atoms with Crippen LogP contribution in [0.5, 0.6) is 5.75 Å². The zero-order valence-corrected chi connectivity index (χ0v) is 16.3. The Morgan fingerprint density at radius 2 is 1.70 bits per heavy atom. The van der Waals surface area contributed by atoms with E-state index in [4.69, 9.17) is 4.74 Å². The molecule has 10 heteroatoms. The van der Waals surface area contributed by atoms with Crippen LogP contribution in [0.1, 0.15) is 32.1 Å². The molecule has 1 aliphatic carbocycles. The highest BCUT2D eigenvalue weighted by atomic mass is 19.4. The van der Waals surface area contributed by atoms with Gasteiger partial charge in [0.05, 0.1) is 17.6 Å². The van der Waals surface area contributed by atoms with Crippen molar-refractivity contribution in [3.05, 3.63) is 24.3 Å². The average Bonchev–Trinajstić information content (AvgIpc) is 2.99. The van der Waals surface area contributed by atoms with Crippen molar-refractivity contribution in [3.63, 3.8) is 0 Å². The molecule has 1 aromatic carbocycles. The van der Waals surface area contributed by atoms with Crippen molar-refractivity contribution < 1.29 is 41.3 Å². The smallest absolute Gasteiger partial charge is 0.422 e. The van der Waals surface area contributed by atoms with E-state index in [1.807, 2.05) is 0 Å². The fourth-order valence-corrected chi connectivity index (χ4v) is 4.09. The largest absolute Gasteiger partial charge is 0.484 e. The molecule has 2 fully saturated rings. The molecule has 2 aliphatic rings.